The van der Waals surface area contributed by atoms with E-state index in [0.717, 1.165) is 12.8 Å². The monoisotopic (exact) mass is 249 g/mol. The van der Waals surface area contributed by atoms with E-state index in [1.54, 1.807) is 6.07 Å². The number of hydrogen-bond donors (Lipinski definition) is 3. The Morgan fingerprint density at radius 1 is 1.39 bits per heavy atom. The Morgan fingerprint density at radius 2 is 2.17 bits per heavy atom. The molecule has 1 aromatic rings. The highest BCUT2D eigenvalue weighted by Crippen LogP contribution is 2.32. The van der Waals surface area contributed by atoms with Crippen molar-refractivity contribution in [1.82, 2.24) is 5.32 Å². The van der Waals surface area contributed by atoms with E-state index in [1.165, 1.54) is 17.5 Å². The summed E-state index contributed by atoms with van der Waals surface area (Å²) in [7, 11) is 0. The van der Waals surface area contributed by atoms with Crippen LogP contribution >= 0.6 is 0 Å². The molecule has 0 saturated heterocycles. The highest BCUT2D eigenvalue weighted by molar-refractivity contribution is 5.38. The van der Waals surface area contributed by atoms with Gasteiger partial charge in [-0.25, -0.2) is 0 Å². The molecule has 100 valence electrons. The van der Waals surface area contributed by atoms with Crippen LogP contribution in [-0.2, 0) is 6.42 Å². The molecule has 0 aliphatic heterocycles. The molecule has 3 nitrogen and oxygen atoms in total. The van der Waals surface area contributed by atoms with Crippen LogP contribution in [0.1, 0.15) is 43.9 Å². The number of aromatic hydroxyl groups is 1. The molecule has 3 atom stereocenters. The third kappa shape index (κ3) is 2.85. The topological polar surface area (TPSA) is 52.5 Å². The minimum absolute atomic E-state index is 0.202. The van der Waals surface area contributed by atoms with Crippen molar-refractivity contribution in [1.29, 1.82) is 0 Å². The molecule has 2 rings (SSSR count). The summed E-state index contributed by atoms with van der Waals surface area (Å²) in [5.41, 5.74) is 2.55. The van der Waals surface area contributed by atoms with Crippen LogP contribution in [0.3, 0.4) is 0 Å². The summed E-state index contributed by atoms with van der Waals surface area (Å²) in [4.78, 5) is 0. The number of benzene rings is 1. The van der Waals surface area contributed by atoms with Gasteiger partial charge in [-0.3, -0.25) is 0 Å². The van der Waals surface area contributed by atoms with E-state index in [-0.39, 0.29) is 18.6 Å². The largest absolute Gasteiger partial charge is 0.508 e. The molecule has 1 aliphatic carbocycles. The molecule has 3 unspecified atom stereocenters. The first-order valence-corrected chi connectivity index (χ1v) is 6.80. The van der Waals surface area contributed by atoms with Gasteiger partial charge in [0.05, 0.1) is 0 Å². The normalized spacial score (nSPS) is 22.3. The fraction of sp³-hybridized carbons (Fsp3) is 0.600. The SMILES string of the molecule is CC(CO)C(C)NC1CCCc2ccc(O)cc21. The van der Waals surface area contributed by atoms with Gasteiger partial charge in [0.25, 0.3) is 0 Å². The Labute approximate surface area is 109 Å². The third-order valence-electron chi connectivity index (χ3n) is 4.05. The number of phenols is 1. The van der Waals surface area contributed by atoms with Crippen LogP contribution in [0.25, 0.3) is 0 Å². The standard InChI is InChI=1S/C15H23NO2/c1-10(9-17)11(2)16-15-5-3-4-12-6-7-13(18)8-14(12)15/h6-8,10-11,15-18H,3-5,9H2,1-2H3. The maximum Gasteiger partial charge on any atom is 0.115 e. The highest BCUT2D eigenvalue weighted by Gasteiger charge is 2.23. The molecule has 0 bridgehead atoms. The zero-order valence-corrected chi connectivity index (χ0v) is 11.2. The highest BCUT2D eigenvalue weighted by atomic mass is 16.3. The Kier molecular flexibility index (Phi) is 4.25. The Bertz CT molecular complexity index is 405. The number of hydrogen-bond acceptors (Lipinski definition) is 3. The van der Waals surface area contributed by atoms with Gasteiger partial charge in [0.15, 0.2) is 0 Å². The van der Waals surface area contributed by atoms with Crippen LogP contribution in [0.15, 0.2) is 18.2 Å². The Morgan fingerprint density at radius 3 is 2.89 bits per heavy atom. The van der Waals surface area contributed by atoms with Gasteiger partial charge in [-0.1, -0.05) is 13.0 Å². The number of aliphatic hydroxyl groups excluding tert-OH is 1. The first-order chi connectivity index (χ1) is 8.61. The van der Waals surface area contributed by atoms with Crippen LogP contribution in [-0.4, -0.2) is 22.9 Å². The molecule has 0 spiro atoms. The van der Waals surface area contributed by atoms with Crippen LogP contribution < -0.4 is 5.32 Å². The van der Waals surface area contributed by atoms with Crippen molar-refractivity contribution in [2.45, 2.75) is 45.2 Å². The van der Waals surface area contributed by atoms with Gasteiger partial charge in [0.1, 0.15) is 5.75 Å². The average Bonchev–Trinajstić information content (AvgIpc) is 2.38. The van der Waals surface area contributed by atoms with Crippen molar-refractivity contribution >= 4 is 0 Å². The molecule has 0 radical (unpaired) electrons. The summed E-state index contributed by atoms with van der Waals surface area (Å²) >= 11 is 0. The van der Waals surface area contributed by atoms with Gasteiger partial charge >= 0.3 is 0 Å². The maximum absolute atomic E-state index is 9.63. The van der Waals surface area contributed by atoms with Crippen LogP contribution in [0.5, 0.6) is 5.75 Å². The molecule has 0 heterocycles. The fourth-order valence-electron chi connectivity index (χ4n) is 2.60. The summed E-state index contributed by atoms with van der Waals surface area (Å²) in [6.07, 6.45) is 3.37. The zero-order valence-electron chi connectivity index (χ0n) is 11.2. The molecular formula is C15H23NO2. The molecular weight excluding hydrogens is 226 g/mol. The lowest BCUT2D eigenvalue weighted by Crippen LogP contribution is -2.38. The van der Waals surface area contributed by atoms with Gasteiger partial charge in [-0.15, -0.1) is 0 Å². The number of fused-ring (bicyclic) bond motifs is 1. The van der Waals surface area contributed by atoms with Gasteiger partial charge in [-0.05, 0) is 55.4 Å². The summed E-state index contributed by atoms with van der Waals surface area (Å²) in [5, 5.41) is 22.4. The zero-order chi connectivity index (χ0) is 13.1. The van der Waals surface area contributed by atoms with Crippen molar-refractivity contribution in [3.63, 3.8) is 0 Å². The molecule has 0 fully saturated rings. The minimum Gasteiger partial charge on any atom is -0.508 e. The van der Waals surface area contributed by atoms with Crippen LogP contribution in [0.2, 0.25) is 0 Å². The second-order valence-electron chi connectivity index (χ2n) is 5.44. The van der Waals surface area contributed by atoms with Gasteiger partial charge in [0, 0.05) is 18.7 Å². The van der Waals surface area contributed by atoms with E-state index in [2.05, 4.69) is 12.2 Å². The molecule has 3 heteroatoms. The number of aliphatic hydroxyl groups is 1. The van der Waals surface area contributed by atoms with Gasteiger partial charge in [0.2, 0.25) is 0 Å². The molecule has 1 aliphatic rings. The van der Waals surface area contributed by atoms with E-state index in [1.807, 2.05) is 19.1 Å². The first kappa shape index (κ1) is 13.4. The lowest BCUT2D eigenvalue weighted by Gasteiger charge is -2.31. The van der Waals surface area contributed by atoms with E-state index in [9.17, 15) is 10.2 Å². The predicted octanol–water partition coefficient (Wildman–Crippen LogP) is 2.38. The molecule has 0 amide bonds. The predicted molar refractivity (Wildman–Crippen MR) is 72.6 cm³/mol. The summed E-state index contributed by atoms with van der Waals surface area (Å²) in [6, 6.07) is 6.24. The minimum atomic E-state index is 0.202. The summed E-state index contributed by atoms with van der Waals surface area (Å²) in [5.74, 6) is 0.581. The molecule has 18 heavy (non-hydrogen) atoms. The quantitative estimate of drug-likeness (QED) is 0.768. The Hall–Kier alpha value is -1.06. The van der Waals surface area contributed by atoms with E-state index < -0.39 is 0 Å². The van der Waals surface area contributed by atoms with Crippen molar-refractivity contribution in [2.75, 3.05) is 6.61 Å². The van der Waals surface area contributed by atoms with Crippen molar-refractivity contribution in [3.8, 4) is 5.75 Å². The van der Waals surface area contributed by atoms with Crippen molar-refractivity contribution < 1.29 is 10.2 Å². The second-order valence-corrected chi connectivity index (χ2v) is 5.44. The lowest BCUT2D eigenvalue weighted by atomic mass is 9.86. The van der Waals surface area contributed by atoms with E-state index in [4.69, 9.17) is 0 Å². The molecule has 0 saturated carbocycles. The number of phenolic OH excluding ortho intramolecular Hbond substituents is 1. The van der Waals surface area contributed by atoms with Crippen molar-refractivity contribution in [2.24, 2.45) is 5.92 Å². The second kappa shape index (κ2) is 5.72. The van der Waals surface area contributed by atoms with Gasteiger partial charge in [-0.2, -0.15) is 0 Å². The first-order valence-electron chi connectivity index (χ1n) is 6.80. The van der Waals surface area contributed by atoms with E-state index in [0.29, 0.717) is 11.8 Å². The maximum atomic E-state index is 9.63. The van der Waals surface area contributed by atoms with Gasteiger partial charge < -0.3 is 15.5 Å². The molecule has 3 N–H and O–H groups in total. The molecule has 1 aromatic carbocycles. The smallest absolute Gasteiger partial charge is 0.115 e. The van der Waals surface area contributed by atoms with Crippen LogP contribution in [0.4, 0.5) is 0 Å². The van der Waals surface area contributed by atoms with Crippen LogP contribution in [0, 0.1) is 5.92 Å². The number of aryl methyl sites for hydroxylation is 1. The average molecular weight is 249 g/mol. The Balaban J connectivity index is 2.14. The lowest BCUT2D eigenvalue weighted by molar-refractivity contribution is 0.198. The third-order valence-corrected chi connectivity index (χ3v) is 4.05. The van der Waals surface area contributed by atoms with E-state index >= 15 is 0 Å². The summed E-state index contributed by atoms with van der Waals surface area (Å²) < 4.78 is 0. The number of nitrogens with one attached hydrogen (secondary N) is 1. The van der Waals surface area contributed by atoms with Crippen molar-refractivity contribution in [3.05, 3.63) is 29.3 Å². The molecule has 0 aromatic heterocycles. The number of rotatable bonds is 4. The fourth-order valence-corrected chi connectivity index (χ4v) is 2.60. The summed E-state index contributed by atoms with van der Waals surface area (Å²) in [6.45, 7) is 4.36.